The Kier molecular flexibility index (Phi) is 3.81. The number of carbonyl (C=O) groups excluding carboxylic acids is 1. The van der Waals surface area contributed by atoms with Crippen molar-refractivity contribution in [2.75, 3.05) is 5.32 Å². The third-order valence-corrected chi connectivity index (χ3v) is 2.94. The van der Waals surface area contributed by atoms with Crippen molar-refractivity contribution in [2.45, 2.75) is 6.92 Å². The Hall–Kier alpha value is -1.94. The molecule has 5 heteroatoms. The van der Waals surface area contributed by atoms with Crippen LogP contribution >= 0.6 is 11.6 Å². The predicted molar refractivity (Wildman–Crippen MR) is 70.5 cm³/mol. The Balaban J connectivity index is 2.28. The lowest BCUT2D eigenvalue weighted by Gasteiger charge is -2.09. The van der Waals surface area contributed by atoms with Crippen LogP contribution in [0.2, 0.25) is 5.02 Å². The van der Waals surface area contributed by atoms with Crippen LogP contribution in [0.1, 0.15) is 15.9 Å². The van der Waals surface area contributed by atoms with Crippen molar-refractivity contribution in [1.29, 1.82) is 0 Å². The smallest absolute Gasteiger partial charge is 0.256 e. The SMILES string of the molecule is Cc1ccc(F)cc1C(=O)Nc1ccc(F)cc1Cl. The van der Waals surface area contributed by atoms with Crippen LogP contribution in [-0.2, 0) is 0 Å². The summed E-state index contributed by atoms with van der Waals surface area (Å²) in [4.78, 5) is 12.0. The maximum Gasteiger partial charge on any atom is 0.256 e. The third-order valence-electron chi connectivity index (χ3n) is 2.62. The fourth-order valence-corrected chi connectivity index (χ4v) is 1.83. The van der Waals surface area contributed by atoms with Gasteiger partial charge in [-0.25, -0.2) is 8.78 Å². The van der Waals surface area contributed by atoms with Gasteiger partial charge in [0.25, 0.3) is 5.91 Å². The molecule has 0 aliphatic rings. The number of hydrogen-bond donors (Lipinski definition) is 1. The van der Waals surface area contributed by atoms with Crippen LogP contribution in [0.5, 0.6) is 0 Å². The first-order valence-electron chi connectivity index (χ1n) is 5.50. The molecular formula is C14H10ClF2NO. The molecule has 0 saturated carbocycles. The zero-order chi connectivity index (χ0) is 14.0. The van der Waals surface area contributed by atoms with E-state index in [-0.39, 0.29) is 16.3 Å². The zero-order valence-corrected chi connectivity index (χ0v) is 10.8. The van der Waals surface area contributed by atoms with E-state index in [9.17, 15) is 13.6 Å². The van der Waals surface area contributed by atoms with Gasteiger partial charge in [-0.3, -0.25) is 4.79 Å². The quantitative estimate of drug-likeness (QED) is 0.879. The molecule has 1 N–H and O–H groups in total. The fourth-order valence-electron chi connectivity index (χ4n) is 1.62. The van der Waals surface area contributed by atoms with Crippen molar-refractivity contribution in [3.05, 3.63) is 64.2 Å². The number of hydrogen-bond acceptors (Lipinski definition) is 1. The molecule has 2 aromatic carbocycles. The van der Waals surface area contributed by atoms with Gasteiger partial charge in [-0.2, -0.15) is 0 Å². The summed E-state index contributed by atoms with van der Waals surface area (Å²) in [6, 6.07) is 7.55. The Bertz CT molecular complexity index is 643. The Morgan fingerprint density at radius 2 is 1.74 bits per heavy atom. The number of carbonyl (C=O) groups is 1. The number of anilines is 1. The molecule has 0 saturated heterocycles. The largest absolute Gasteiger partial charge is 0.321 e. The van der Waals surface area contributed by atoms with Crippen LogP contribution in [0.3, 0.4) is 0 Å². The summed E-state index contributed by atoms with van der Waals surface area (Å²) in [5, 5.41) is 2.60. The average Bonchev–Trinajstić information content (AvgIpc) is 2.35. The Morgan fingerprint density at radius 1 is 1.11 bits per heavy atom. The maximum absolute atomic E-state index is 13.1. The van der Waals surface area contributed by atoms with Crippen molar-refractivity contribution in [1.82, 2.24) is 0 Å². The van der Waals surface area contributed by atoms with Crippen molar-refractivity contribution in [3.8, 4) is 0 Å². The highest BCUT2D eigenvalue weighted by atomic mass is 35.5. The molecule has 1 amide bonds. The molecule has 0 unspecified atom stereocenters. The summed E-state index contributed by atoms with van der Waals surface area (Å²) in [7, 11) is 0. The zero-order valence-electron chi connectivity index (χ0n) is 10.0. The monoisotopic (exact) mass is 281 g/mol. The van der Waals surface area contributed by atoms with Gasteiger partial charge < -0.3 is 5.32 Å². The second-order valence-corrected chi connectivity index (χ2v) is 4.44. The molecule has 0 bridgehead atoms. The second-order valence-electron chi connectivity index (χ2n) is 4.04. The summed E-state index contributed by atoms with van der Waals surface area (Å²) >= 11 is 5.80. The molecule has 0 radical (unpaired) electrons. The van der Waals surface area contributed by atoms with Crippen molar-refractivity contribution >= 4 is 23.2 Å². The molecule has 0 aliphatic heterocycles. The molecule has 2 nitrogen and oxygen atoms in total. The molecule has 0 fully saturated rings. The predicted octanol–water partition coefficient (Wildman–Crippen LogP) is 4.18. The van der Waals surface area contributed by atoms with Crippen molar-refractivity contribution in [2.24, 2.45) is 0 Å². The van der Waals surface area contributed by atoms with Crippen LogP contribution in [0.25, 0.3) is 0 Å². The van der Waals surface area contributed by atoms with E-state index in [0.717, 1.165) is 12.1 Å². The average molecular weight is 282 g/mol. The Labute approximate surface area is 114 Å². The van der Waals surface area contributed by atoms with E-state index in [1.165, 1.54) is 24.3 Å². The van der Waals surface area contributed by atoms with Crippen LogP contribution < -0.4 is 5.32 Å². The summed E-state index contributed by atoms with van der Waals surface area (Å²) < 4.78 is 26.0. The maximum atomic E-state index is 13.1. The lowest BCUT2D eigenvalue weighted by Crippen LogP contribution is -2.14. The van der Waals surface area contributed by atoms with Crippen LogP contribution in [0, 0.1) is 18.6 Å². The van der Waals surface area contributed by atoms with Gasteiger partial charge in [0.1, 0.15) is 11.6 Å². The van der Waals surface area contributed by atoms with Gasteiger partial charge in [0.2, 0.25) is 0 Å². The lowest BCUT2D eigenvalue weighted by atomic mass is 10.1. The molecule has 2 rings (SSSR count). The number of halogens is 3. The third kappa shape index (κ3) is 3.09. The van der Waals surface area contributed by atoms with Crippen LogP contribution in [-0.4, -0.2) is 5.91 Å². The summed E-state index contributed by atoms with van der Waals surface area (Å²) in [6.07, 6.45) is 0. The molecule has 2 aromatic rings. The highest BCUT2D eigenvalue weighted by Crippen LogP contribution is 2.23. The van der Waals surface area contributed by atoms with Crippen molar-refractivity contribution < 1.29 is 13.6 Å². The molecule has 98 valence electrons. The summed E-state index contributed by atoms with van der Waals surface area (Å²) in [6.45, 7) is 1.70. The molecule has 19 heavy (non-hydrogen) atoms. The van der Waals surface area contributed by atoms with E-state index in [1.807, 2.05) is 0 Å². The fraction of sp³-hybridized carbons (Fsp3) is 0.0714. The van der Waals surface area contributed by atoms with E-state index in [1.54, 1.807) is 6.92 Å². The number of benzene rings is 2. The van der Waals surface area contributed by atoms with E-state index in [2.05, 4.69) is 5.32 Å². The highest BCUT2D eigenvalue weighted by molar-refractivity contribution is 6.33. The summed E-state index contributed by atoms with van der Waals surface area (Å²) in [5.41, 5.74) is 1.12. The first-order chi connectivity index (χ1) is 8.97. The van der Waals surface area contributed by atoms with Crippen LogP contribution in [0.15, 0.2) is 36.4 Å². The first kappa shape index (κ1) is 13.5. The van der Waals surface area contributed by atoms with Gasteiger partial charge in [0.15, 0.2) is 0 Å². The van der Waals surface area contributed by atoms with E-state index >= 15 is 0 Å². The second kappa shape index (κ2) is 5.36. The standard InChI is InChI=1S/C14H10ClF2NO/c1-8-2-3-9(16)6-11(8)14(19)18-13-5-4-10(17)7-12(13)15/h2-7H,1H3,(H,18,19). The van der Waals surface area contributed by atoms with Gasteiger partial charge in [-0.15, -0.1) is 0 Å². The number of rotatable bonds is 2. The van der Waals surface area contributed by atoms with Gasteiger partial charge in [-0.1, -0.05) is 17.7 Å². The highest BCUT2D eigenvalue weighted by Gasteiger charge is 2.12. The topological polar surface area (TPSA) is 29.1 Å². The molecule has 0 heterocycles. The molecular weight excluding hydrogens is 272 g/mol. The van der Waals surface area contributed by atoms with E-state index in [4.69, 9.17) is 11.6 Å². The lowest BCUT2D eigenvalue weighted by molar-refractivity contribution is 0.102. The Morgan fingerprint density at radius 3 is 2.42 bits per heavy atom. The minimum atomic E-state index is -0.499. The molecule has 0 aliphatic carbocycles. The van der Waals surface area contributed by atoms with Crippen molar-refractivity contribution in [3.63, 3.8) is 0 Å². The van der Waals surface area contributed by atoms with Gasteiger partial charge >= 0.3 is 0 Å². The van der Waals surface area contributed by atoms with Crippen LogP contribution in [0.4, 0.5) is 14.5 Å². The van der Waals surface area contributed by atoms with Gasteiger partial charge in [0, 0.05) is 5.56 Å². The minimum Gasteiger partial charge on any atom is -0.321 e. The number of amides is 1. The molecule has 0 spiro atoms. The van der Waals surface area contributed by atoms with E-state index < -0.39 is 17.5 Å². The van der Waals surface area contributed by atoms with Gasteiger partial charge in [-0.05, 0) is 42.8 Å². The van der Waals surface area contributed by atoms with E-state index in [0.29, 0.717) is 5.56 Å². The number of nitrogens with one attached hydrogen (secondary N) is 1. The molecule has 0 aromatic heterocycles. The normalized spacial score (nSPS) is 10.3. The molecule has 0 atom stereocenters. The minimum absolute atomic E-state index is 0.0856. The first-order valence-corrected chi connectivity index (χ1v) is 5.88. The number of aryl methyl sites for hydroxylation is 1. The summed E-state index contributed by atoms with van der Waals surface area (Å²) in [5.74, 6) is -1.49. The van der Waals surface area contributed by atoms with Gasteiger partial charge in [0.05, 0.1) is 10.7 Å².